The molecular formula is C38H49N5O11S. The summed E-state index contributed by atoms with van der Waals surface area (Å²) >= 11 is 0. The molecule has 1 aliphatic carbocycles. The number of benzene rings is 1. The average molecular weight is 784 g/mol. The summed E-state index contributed by atoms with van der Waals surface area (Å²) in [5, 5.41) is 15.3. The maximum absolute atomic E-state index is 13.4. The number of ether oxygens (including phenoxy) is 2. The molecule has 5 N–H and O–H groups in total. The van der Waals surface area contributed by atoms with Crippen molar-refractivity contribution in [2.45, 2.75) is 104 Å². The van der Waals surface area contributed by atoms with Gasteiger partial charge >= 0.3 is 22.4 Å². The Balaban J connectivity index is 1.59. The molecule has 298 valence electrons. The van der Waals surface area contributed by atoms with Crippen LogP contribution in [-0.4, -0.2) is 76.1 Å². The minimum atomic E-state index is -5.16. The van der Waals surface area contributed by atoms with E-state index < -0.39 is 63.9 Å². The lowest BCUT2D eigenvalue weighted by atomic mass is 9.73. The molecule has 3 aliphatic rings. The maximum atomic E-state index is 13.4. The highest BCUT2D eigenvalue weighted by Gasteiger charge is 2.50. The fourth-order valence-electron chi connectivity index (χ4n) is 6.50. The molecule has 17 heteroatoms. The van der Waals surface area contributed by atoms with Crippen LogP contribution in [0.15, 0.2) is 69.6 Å². The number of aryl methyl sites for hydroxylation is 2. The third-order valence-corrected chi connectivity index (χ3v) is 10.3. The van der Waals surface area contributed by atoms with Crippen molar-refractivity contribution in [1.82, 2.24) is 9.62 Å². The largest absolute Gasteiger partial charge is 0.514 e. The molecule has 4 rings (SSSR count). The number of aliphatic imine (C=N–C) groups is 1. The Morgan fingerprint density at radius 2 is 1.93 bits per heavy atom. The van der Waals surface area contributed by atoms with Gasteiger partial charge in [0.05, 0.1) is 11.4 Å². The third-order valence-electron chi connectivity index (χ3n) is 9.47. The number of aliphatic carboxylic acids is 1. The molecule has 2 heterocycles. The zero-order chi connectivity index (χ0) is 40.8. The van der Waals surface area contributed by atoms with Gasteiger partial charge in [0.1, 0.15) is 18.2 Å². The smallest absolute Gasteiger partial charge is 0.478 e. The topological polar surface area (TPSA) is 237 Å². The highest BCUT2D eigenvalue weighted by Crippen LogP contribution is 2.45. The summed E-state index contributed by atoms with van der Waals surface area (Å²) < 4.78 is 45.2. The molecule has 1 aromatic carbocycles. The highest BCUT2D eigenvalue weighted by atomic mass is 32.2. The summed E-state index contributed by atoms with van der Waals surface area (Å²) in [6.07, 6.45) is 9.21. The van der Waals surface area contributed by atoms with E-state index in [1.807, 2.05) is 19.9 Å². The number of oxime groups is 1. The van der Waals surface area contributed by atoms with E-state index in [1.54, 1.807) is 0 Å². The van der Waals surface area contributed by atoms with E-state index >= 15 is 0 Å². The molecule has 2 aliphatic heterocycles. The number of nitrogens with two attached hydrogens (primary N) is 1. The molecule has 0 aromatic heterocycles. The molecule has 16 nitrogen and oxygen atoms in total. The van der Waals surface area contributed by atoms with Crippen LogP contribution in [0.25, 0.3) is 0 Å². The summed E-state index contributed by atoms with van der Waals surface area (Å²) in [5.74, 6) is -3.33. The Hall–Kier alpha value is -5.29. The average Bonchev–Trinajstić information content (AvgIpc) is 3.51. The lowest BCUT2D eigenvalue weighted by molar-refractivity contribution is -0.161. The van der Waals surface area contributed by atoms with Gasteiger partial charge < -0.3 is 30.5 Å². The number of unbranched alkanes of at least 4 members (excludes halogenated alkanes) is 2. The lowest BCUT2D eigenvalue weighted by Crippen LogP contribution is -2.64. The van der Waals surface area contributed by atoms with Gasteiger partial charge in [-0.2, -0.15) is 12.7 Å². The zero-order valence-electron chi connectivity index (χ0n) is 31.9. The molecule has 2 amide bonds. The second kappa shape index (κ2) is 17.5. The second-order valence-electron chi connectivity index (χ2n) is 14.3. The van der Waals surface area contributed by atoms with Crippen molar-refractivity contribution in [2.24, 2.45) is 21.8 Å². The van der Waals surface area contributed by atoms with Gasteiger partial charge in [-0.25, -0.2) is 14.6 Å². The van der Waals surface area contributed by atoms with Crippen molar-refractivity contribution in [3.8, 4) is 5.75 Å². The molecule has 0 bridgehead atoms. The van der Waals surface area contributed by atoms with Gasteiger partial charge in [0.25, 0.3) is 11.8 Å². The van der Waals surface area contributed by atoms with Crippen LogP contribution in [-0.2, 0) is 40.7 Å². The maximum Gasteiger partial charge on any atom is 0.514 e. The first-order valence-corrected chi connectivity index (χ1v) is 19.3. The number of carbonyl (C=O) groups excluding carboxylic acids is 3. The van der Waals surface area contributed by atoms with Crippen LogP contribution in [0.4, 0.5) is 4.79 Å². The van der Waals surface area contributed by atoms with E-state index in [2.05, 4.69) is 48.0 Å². The Labute approximate surface area is 320 Å². The summed E-state index contributed by atoms with van der Waals surface area (Å²) in [7, 11) is -5.16. The van der Waals surface area contributed by atoms with Crippen molar-refractivity contribution in [3.05, 3.63) is 76.2 Å². The number of hydrogen-bond donors (Lipinski definition) is 4. The van der Waals surface area contributed by atoms with Crippen LogP contribution >= 0.6 is 0 Å². The fourth-order valence-corrected chi connectivity index (χ4v) is 7.28. The first-order valence-electron chi connectivity index (χ1n) is 17.9. The van der Waals surface area contributed by atoms with Gasteiger partial charge in [-0.15, -0.1) is 0 Å². The van der Waals surface area contributed by atoms with Crippen LogP contribution < -0.4 is 15.8 Å². The SMILES string of the molecule is C=C(C)[C@@H]1CCC(C)=C[C@H]1c1c(C)cc(CCCCC)cc1OC(=O)OC/C=C1\[C@H](NC(=O)/C(=N\OC(C)(C)C(=O)O)C2=CCC(N)=N2)C(=O)N1S(=O)(=O)O. The van der Waals surface area contributed by atoms with Crippen LogP contribution in [0.3, 0.4) is 0 Å². The molecule has 1 saturated heterocycles. The monoisotopic (exact) mass is 783 g/mol. The first-order chi connectivity index (χ1) is 25.7. The molecular weight excluding hydrogens is 735 g/mol. The standard InChI is InChI=1S/C38H49N5O11S/c1-8-9-10-11-24-19-23(5)31(26-18-22(4)12-13-25(26)21(2)3)29(20-24)53-37(48)52-17-16-28-33(35(45)43(28)55(49,50)51)41-34(44)32(27-14-15-30(39)40-27)42-54-38(6,7)36(46)47/h14,16,18-20,25-26,33H,2,8-13,15,17H2,1,3-7H3,(H2,39,40)(H,41,44)(H,46,47)(H,49,50,51)/b28-16+,42-32-/t25-,26+,33-/m0/s1. The fraction of sp³-hybridized carbons (Fsp3) is 0.474. The molecule has 0 saturated carbocycles. The summed E-state index contributed by atoms with van der Waals surface area (Å²) in [5.41, 5.74) is 7.71. The van der Waals surface area contributed by atoms with Gasteiger partial charge in [0, 0.05) is 17.9 Å². The molecule has 1 aromatic rings. The first kappa shape index (κ1) is 42.5. The Morgan fingerprint density at radius 1 is 1.22 bits per heavy atom. The number of allylic oxidation sites excluding steroid dienone is 3. The van der Waals surface area contributed by atoms with Crippen molar-refractivity contribution < 1.29 is 51.6 Å². The van der Waals surface area contributed by atoms with Crippen LogP contribution in [0.1, 0.15) is 95.8 Å². The van der Waals surface area contributed by atoms with Crippen molar-refractivity contribution in [2.75, 3.05) is 6.61 Å². The van der Waals surface area contributed by atoms with Gasteiger partial charge in [-0.3, -0.25) is 14.1 Å². The summed E-state index contributed by atoms with van der Waals surface area (Å²) in [6.45, 7) is 14.1. The minimum absolute atomic E-state index is 0.0230. The quantitative estimate of drug-likeness (QED) is 0.0249. The number of hydrogen-bond acceptors (Lipinski definition) is 12. The number of amides is 2. The van der Waals surface area contributed by atoms with E-state index in [-0.39, 0.29) is 34.1 Å². The highest BCUT2D eigenvalue weighted by molar-refractivity contribution is 7.84. The van der Waals surface area contributed by atoms with Gasteiger partial charge in [-0.1, -0.05) is 54.8 Å². The molecule has 0 unspecified atom stereocenters. The van der Waals surface area contributed by atoms with Crippen molar-refractivity contribution >= 4 is 45.8 Å². The number of carboxylic acids is 1. The molecule has 1 fully saturated rings. The van der Waals surface area contributed by atoms with E-state index in [4.69, 9.17) is 20.0 Å². The van der Waals surface area contributed by atoms with Gasteiger partial charge in [0.15, 0.2) is 11.8 Å². The Morgan fingerprint density at radius 3 is 2.53 bits per heavy atom. The second-order valence-corrected chi connectivity index (χ2v) is 15.6. The zero-order valence-corrected chi connectivity index (χ0v) is 32.7. The van der Waals surface area contributed by atoms with E-state index in [0.29, 0.717) is 5.75 Å². The normalized spacial score (nSPS) is 20.9. The Kier molecular flexibility index (Phi) is 13.5. The number of amidine groups is 1. The molecule has 55 heavy (non-hydrogen) atoms. The Bertz CT molecular complexity index is 2010. The number of β-lactam (4-membered cyclic amide) rings is 1. The van der Waals surface area contributed by atoms with Gasteiger partial charge in [-0.05, 0) is 95.6 Å². The van der Waals surface area contributed by atoms with Gasteiger partial charge in [0.2, 0.25) is 5.60 Å². The predicted molar refractivity (Wildman–Crippen MR) is 203 cm³/mol. The van der Waals surface area contributed by atoms with Crippen LogP contribution in [0, 0.1) is 12.8 Å². The molecule has 0 radical (unpaired) electrons. The molecule has 0 spiro atoms. The summed E-state index contributed by atoms with van der Waals surface area (Å²) in [6, 6.07) is 2.26. The number of carboxylic acid groups (broad SMARTS) is 1. The van der Waals surface area contributed by atoms with Crippen LogP contribution in [0.5, 0.6) is 5.75 Å². The predicted octanol–water partition coefficient (Wildman–Crippen LogP) is 5.15. The number of carbonyl (C=O) groups is 4. The van der Waals surface area contributed by atoms with Crippen LogP contribution in [0.2, 0.25) is 0 Å². The van der Waals surface area contributed by atoms with E-state index in [1.165, 1.54) is 25.5 Å². The number of nitrogens with one attached hydrogen (secondary N) is 1. The van der Waals surface area contributed by atoms with Crippen molar-refractivity contribution in [1.29, 1.82) is 0 Å². The lowest BCUT2D eigenvalue weighted by Gasteiger charge is -2.38. The minimum Gasteiger partial charge on any atom is -0.478 e. The van der Waals surface area contributed by atoms with Crippen molar-refractivity contribution in [3.63, 3.8) is 0 Å². The summed E-state index contributed by atoms with van der Waals surface area (Å²) in [4.78, 5) is 60.2. The van der Waals surface area contributed by atoms with E-state index in [0.717, 1.165) is 66.9 Å². The number of rotatable bonds is 16. The number of nitrogens with zero attached hydrogens (tertiary/aromatic N) is 3. The molecule has 3 atom stereocenters. The third kappa shape index (κ3) is 10.3. The van der Waals surface area contributed by atoms with E-state index in [9.17, 15) is 37.3 Å².